The molecule has 1 amide bonds. The van der Waals surface area contributed by atoms with Crippen LogP contribution in [0.5, 0.6) is 17.2 Å². The summed E-state index contributed by atoms with van der Waals surface area (Å²) in [7, 11) is 3.15. The number of pyridine rings is 1. The van der Waals surface area contributed by atoms with Crippen LogP contribution in [0.4, 0.5) is 0 Å². The molecule has 0 fully saturated rings. The maximum Gasteiger partial charge on any atom is 0.244 e. The number of rotatable bonds is 8. The number of carbonyl (C=O) groups excluding carboxylic acids is 1. The number of para-hydroxylation sites is 1. The van der Waals surface area contributed by atoms with Crippen LogP contribution in [0.15, 0.2) is 60.8 Å². The zero-order valence-corrected chi connectivity index (χ0v) is 15.8. The molecule has 0 atom stereocenters. The number of fused-ring (bicyclic) bond motifs is 1. The molecule has 1 aromatic heterocycles. The van der Waals surface area contributed by atoms with E-state index < -0.39 is 0 Å². The minimum atomic E-state index is -0.200. The van der Waals surface area contributed by atoms with Crippen molar-refractivity contribution in [2.75, 3.05) is 27.4 Å². The minimum Gasteiger partial charge on any atom is -0.493 e. The van der Waals surface area contributed by atoms with Crippen molar-refractivity contribution in [1.29, 1.82) is 0 Å². The van der Waals surface area contributed by atoms with Crippen molar-refractivity contribution >= 4 is 22.9 Å². The fourth-order valence-electron chi connectivity index (χ4n) is 2.72. The molecule has 6 heteroatoms. The smallest absolute Gasteiger partial charge is 0.244 e. The minimum absolute atomic E-state index is 0.200. The van der Waals surface area contributed by atoms with Gasteiger partial charge in [0.05, 0.1) is 20.8 Å². The van der Waals surface area contributed by atoms with Crippen molar-refractivity contribution in [3.63, 3.8) is 0 Å². The van der Waals surface area contributed by atoms with E-state index >= 15 is 0 Å². The monoisotopic (exact) mass is 378 g/mol. The van der Waals surface area contributed by atoms with Gasteiger partial charge >= 0.3 is 0 Å². The standard InChI is InChI=1S/C22H22N2O4/c1-26-18-10-8-16(15-20(18)27-2)9-11-21(25)23-13-14-28-19-7-3-5-17-6-4-12-24-22(17)19/h3-12,15H,13-14H2,1-2H3,(H,23,25)/b11-9+. The maximum absolute atomic E-state index is 12.0. The summed E-state index contributed by atoms with van der Waals surface area (Å²) < 4.78 is 16.2. The van der Waals surface area contributed by atoms with Gasteiger partial charge in [-0.05, 0) is 35.9 Å². The number of ether oxygens (including phenoxy) is 3. The van der Waals surface area contributed by atoms with Crippen molar-refractivity contribution in [3.05, 3.63) is 66.4 Å². The Labute approximate surface area is 163 Å². The van der Waals surface area contributed by atoms with Gasteiger partial charge in [-0.15, -0.1) is 0 Å². The molecule has 0 unspecified atom stereocenters. The second-order valence-corrected chi connectivity index (χ2v) is 5.92. The van der Waals surface area contributed by atoms with Crippen LogP contribution in [0.3, 0.4) is 0 Å². The van der Waals surface area contributed by atoms with Crippen LogP contribution < -0.4 is 19.5 Å². The Hall–Kier alpha value is -3.54. The van der Waals surface area contributed by atoms with E-state index in [1.807, 2.05) is 36.4 Å². The van der Waals surface area contributed by atoms with Crippen LogP contribution in [-0.2, 0) is 4.79 Å². The van der Waals surface area contributed by atoms with Crippen LogP contribution in [0.25, 0.3) is 17.0 Å². The van der Waals surface area contributed by atoms with Gasteiger partial charge in [-0.2, -0.15) is 0 Å². The summed E-state index contributed by atoms with van der Waals surface area (Å²) in [4.78, 5) is 16.3. The zero-order chi connectivity index (χ0) is 19.8. The van der Waals surface area contributed by atoms with Crippen LogP contribution in [0.1, 0.15) is 5.56 Å². The first-order valence-electron chi connectivity index (χ1n) is 8.86. The summed E-state index contributed by atoms with van der Waals surface area (Å²) in [6.07, 6.45) is 4.92. The number of aromatic nitrogens is 1. The van der Waals surface area contributed by atoms with Crippen molar-refractivity contribution in [2.45, 2.75) is 0 Å². The number of nitrogens with one attached hydrogen (secondary N) is 1. The third kappa shape index (κ3) is 4.79. The third-order valence-electron chi connectivity index (χ3n) is 4.09. The summed E-state index contributed by atoms with van der Waals surface area (Å²) in [5.41, 5.74) is 1.65. The molecular formula is C22H22N2O4. The van der Waals surface area contributed by atoms with E-state index in [0.717, 1.165) is 16.5 Å². The molecule has 144 valence electrons. The summed E-state index contributed by atoms with van der Waals surface area (Å²) in [5, 5.41) is 3.81. The van der Waals surface area contributed by atoms with E-state index in [1.165, 1.54) is 6.08 Å². The predicted molar refractivity (Wildman–Crippen MR) is 109 cm³/mol. The lowest BCUT2D eigenvalue weighted by atomic mass is 10.2. The first kappa shape index (κ1) is 19.2. The van der Waals surface area contributed by atoms with Crippen molar-refractivity contribution in [3.8, 4) is 17.2 Å². The van der Waals surface area contributed by atoms with Gasteiger partial charge in [0.15, 0.2) is 11.5 Å². The third-order valence-corrected chi connectivity index (χ3v) is 4.09. The zero-order valence-electron chi connectivity index (χ0n) is 15.8. The number of hydrogen-bond donors (Lipinski definition) is 1. The van der Waals surface area contributed by atoms with Gasteiger partial charge < -0.3 is 19.5 Å². The Bertz CT molecular complexity index is 980. The van der Waals surface area contributed by atoms with E-state index in [0.29, 0.717) is 30.4 Å². The average molecular weight is 378 g/mol. The second kappa shape index (κ2) is 9.41. The SMILES string of the molecule is COc1ccc(/C=C/C(=O)NCCOc2cccc3cccnc23)cc1OC. The molecule has 28 heavy (non-hydrogen) atoms. The van der Waals surface area contributed by atoms with Crippen LogP contribution >= 0.6 is 0 Å². The summed E-state index contributed by atoms with van der Waals surface area (Å²) in [6.45, 7) is 0.740. The number of carbonyl (C=O) groups is 1. The van der Waals surface area contributed by atoms with E-state index in [9.17, 15) is 4.79 Å². The largest absolute Gasteiger partial charge is 0.493 e. The molecule has 3 rings (SSSR count). The van der Waals surface area contributed by atoms with Crippen LogP contribution in [-0.4, -0.2) is 38.3 Å². The predicted octanol–water partition coefficient (Wildman–Crippen LogP) is 3.46. The fraction of sp³-hybridized carbons (Fsp3) is 0.182. The van der Waals surface area contributed by atoms with Gasteiger partial charge in [-0.25, -0.2) is 0 Å². The Balaban J connectivity index is 1.50. The van der Waals surface area contributed by atoms with E-state index in [-0.39, 0.29) is 5.91 Å². The highest BCUT2D eigenvalue weighted by molar-refractivity contribution is 5.91. The van der Waals surface area contributed by atoms with Gasteiger partial charge in [-0.1, -0.05) is 24.3 Å². The summed E-state index contributed by atoms with van der Waals surface area (Å²) >= 11 is 0. The van der Waals surface area contributed by atoms with Crippen LogP contribution in [0, 0.1) is 0 Å². The lowest BCUT2D eigenvalue weighted by Gasteiger charge is -2.09. The van der Waals surface area contributed by atoms with Gasteiger partial charge in [0.2, 0.25) is 5.91 Å². The van der Waals surface area contributed by atoms with Gasteiger partial charge in [0, 0.05) is 17.7 Å². The Kier molecular flexibility index (Phi) is 6.46. The lowest BCUT2D eigenvalue weighted by Crippen LogP contribution is -2.26. The summed E-state index contributed by atoms with van der Waals surface area (Å²) in [6, 6.07) is 15.1. The topological polar surface area (TPSA) is 69.7 Å². The number of nitrogens with zero attached hydrogens (tertiary/aromatic N) is 1. The first-order chi connectivity index (χ1) is 13.7. The number of benzene rings is 2. The van der Waals surface area contributed by atoms with Gasteiger partial charge in [0.25, 0.3) is 0 Å². The highest BCUT2D eigenvalue weighted by Gasteiger charge is 2.04. The van der Waals surface area contributed by atoms with Gasteiger partial charge in [-0.3, -0.25) is 9.78 Å². The second-order valence-electron chi connectivity index (χ2n) is 5.92. The molecule has 0 radical (unpaired) electrons. The number of hydrogen-bond acceptors (Lipinski definition) is 5. The summed E-state index contributed by atoms with van der Waals surface area (Å²) in [5.74, 6) is 1.76. The molecule has 6 nitrogen and oxygen atoms in total. The van der Waals surface area contributed by atoms with Crippen molar-refractivity contribution in [1.82, 2.24) is 10.3 Å². The normalized spacial score (nSPS) is 10.8. The number of methoxy groups -OCH3 is 2. The molecule has 2 aromatic carbocycles. The molecule has 0 aliphatic rings. The fourth-order valence-corrected chi connectivity index (χ4v) is 2.72. The van der Waals surface area contributed by atoms with E-state index in [2.05, 4.69) is 10.3 Å². The highest BCUT2D eigenvalue weighted by Crippen LogP contribution is 2.28. The molecule has 3 aromatic rings. The molecule has 1 heterocycles. The number of amides is 1. The van der Waals surface area contributed by atoms with E-state index in [4.69, 9.17) is 14.2 Å². The van der Waals surface area contributed by atoms with Crippen LogP contribution in [0.2, 0.25) is 0 Å². The molecule has 0 aliphatic heterocycles. The Morgan fingerprint density at radius 3 is 2.68 bits per heavy atom. The molecule has 0 spiro atoms. The Morgan fingerprint density at radius 1 is 1.04 bits per heavy atom. The van der Waals surface area contributed by atoms with Gasteiger partial charge in [0.1, 0.15) is 17.9 Å². The Morgan fingerprint density at radius 2 is 1.86 bits per heavy atom. The average Bonchev–Trinajstić information content (AvgIpc) is 2.75. The lowest BCUT2D eigenvalue weighted by molar-refractivity contribution is -0.116. The van der Waals surface area contributed by atoms with Crippen molar-refractivity contribution in [2.24, 2.45) is 0 Å². The molecule has 0 aliphatic carbocycles. The molecule has 0 bridgehead atoms. The molecular weight excluding hydrogens is 356 g/mol. The quantitative estimate of drug-likeness (QED) is 0.480. The molecule has 0 saturated carbocycles. The van der Waals surface area contributed by atoms with Crippen molar-refractivity contribution < 1.29 is 19.0 Å². The maximum atomic E-state index is 12.0. The molecule has 1 N–H and O–H groups in total. The molecule has 0 saturated heterocycles. The van der Waals surface area contributed by atoms with E-state index in [1.54, 1.807) is 38.6 Å². The highest BCUT2D eigenvalue weighted by atomic mass is 16.5. The first-order valence-corrected chi connectivity index (χ1v) is 8.86.